The largest absolute Gasteiger partial charge is 0.484 e. The topological polar surface area (TPSA) is 52.6 Å². The molecule has 3 aromatic rings. The van der Waals surface area contributed by atoms with Crippen molar-refractivity contribution in [1.82, 2.24) is 0 Å². The molecule has 4 rings (SSSR count). The number of para-hydroxylation sites is 1. The Morgan fingerprint density at radius 1 is 1.03 bits per heavy atom. The van der Waals surface area contributed by atoms with Crippen LogP contribution in [-0.4, -0.2) is 15.5 Å². The van der Waals surface area contributed by atoms with Crippen molar-refractivity contribution < 1.29 is 30.5 Å². The number of hydrogen-bond acceptors (Lipinski definition) is 4. The first-order valence-electron chi connectivity index (χ1n) is 9.47. The molecule has 1 aliphatic rings. The van der Waals surface area contributed by atoms with Crippen LogP contribution in [0.3, 0.4) is 0 Å². The Morgan fingerprint density at radius 3 is 2.48 bits per heavy atom. The predicted octanol–water partition coefficient (Wildman–Crippen LogP) is 5.69. The minimum atomic E-state index is -4.46. The zero-order valence-corrected chi connectivity index (χ0v) is 17.5. The maximum absolute atomic E-state index is 13.2. The van der Waals surface area contributed by atoms with Gasteiger partial charge in [0.25, 0.3) is 10.1 Å². The molecule has 0 N–H and O–H groups in total. The lowest BCUT2D eigenvalue weighted by molar-refractivity contribution is -0.137. The highest BCUT2D eigenvalue weighted by Gasteiger charge is 2.33. The molecule has 1 heterocycles. The predicted molar refractivity (Wildman–Crippen MR) is 109 cm³/mol. The van der Waals surface area contributed by atoms with E-state index in [-0.39, 0.29) is 4.90 Å². The Morgan fingerprint density at radius 2 is 1.77 bits per heavy atom. The Labute approximate surface area is 178 Å². The van der Waals surface area contributed by atoms with Gasteiger partial charge in [-0.05, 0) is 36.2 Å². The van der Waals surface area contributed by atoms with Crippen LogP contribution in [0.2, 0.25) is 0 Å². The van der Waals surface area contributed by atoms with Gasteiger partial charge in [-0.15, -0.1) is 0 Å². The van der Waals surface area contributed by atoms with Crippen LogP contribution in [0, 0.1) is 6.92 Å². The summed E-state index contributed by atoms with van der Waals surface area (Å²) in [5.74, 6) is 0.453. The maximum Gasteiger partial charge on any atom is 0.416 e. The van der Waals surface area contributed by atoms with Crippen LogP contribution in [0.5, 0.6) is 5.75 Å². The van der Waals surface area contributed by atoms with Gasteiger partial charge in [-0.3, -0.25) is 4.18 Å². The smallest absolute Gasteiger partial charge is 0.416 e. The molecule has 4 nitrogen and oxygen atoms in total. The van der Waals surface area contributed by atoms with Gasteiger partial charge in [-0.2, -0.15) is 21.6 Å². The third kappa shape index (κ3) is 4.05. The van der Waals surface area contributed by atoms with Gasteiger partial charge in [0, 0.05) is 17.5 Å². The molecule has 1 aliphatic heterocycles. The molecule has 8 heteroatoms. The van der Waals surface area contributed by atoms with E-state index in [1.807, 2.05) is 13.0 Å². The second-order valence-electron chi connectivity index (χ2n) is 7.35. The minimum absolute atomic E-state index is 0.0130. The van der Waals surface area contributed by atoms with Crippen LogP contribution >= 0.6 is 0 Å². The number of alkyl halides is 3. The van der Waals surface area contributed by atoms with Gasteiger partial charge in [0.15, 0.2) is 0 Å². The molecule has 0 saturated heterocycles. The van der Waals surface area contributed by atoms with Gasteiger partial charge in [0.1, 0.15) is 16.7 Å². The van der Waals surface area contributed by atoms with Crippen LogP contribution in [0.25, 0.3) is 11.1 Å². The number of aryl methyl sites for hydroxylation is 1. The highest BCUT2D eigenvalue weighted by Crippen LogP contribution is 2.45. The molecule has 31 heavy (non-hydrogen) atoms. The second kappa shape index (κ2) is 7.69. The summed E-state index contributed by atoms with van der Waals surface area (Å²) in [5, 5.41) is 0. The number of rotatable bonds is 4. The number of ether oxygens (including phenoxy) is 1. The Bertz CT molecular complexity index is 1250. The highest BCUT2D eigenvalue weighted by atomic mass is 32.2. The molecule has 1 unspecified atom stereocenters. The van der Waals surface area contributed by atoms with Crippen molar-refractivity contribution >= 4 is 10.1 Å². The maximum atomic E-state index is 13.2. The Kier molecular flexibility index (Phi) is 5.31. The van der Waals surface area contributed by atoms with Crippen LogP contribution in [0.4, 0.5) is 13.2 Å². The first kappa shape index (κ1) is 21.4. The van der Waals surface area contributed by atoms with Crippen molar-refractivity contribution in [3.63, 3.8) is 0 Å². The fourth-order valence-electron chi connectivity index (χ4n) is 3.77. The first-order chi connectivity index (χ1) is 14.6. The number of benzene rings is 3. The zero-order valence-electron chi connectivity index (χ0n) is 16.7. The van der Waals surface area contributed by atoms with E-state index in [0.717, 1.165) is 30.4 Å². The zero-order chi connectivity index (χ0) is 22.4. The molecule has 0 radical (unpaired) electrons. The van der Waals surface area contributed by atoms with E-state index < -0.39 is 28.0 Å². The van der Waals surface area contributed by atoms with Crippen LogP contribution in [0.1, 0.15) is 28.4 Å². The number of halogens is 3. The standard InChI is InChI=1S/C23H19F3O4S/c1-14-9-10-21(31(27,28)29-2)19(11-14)20-13-16-6-4-8-18(22(16)30-20)15-5-3-7-17(12-15)23(24,25)26/h3-12,20H,13H2,1-2H3. The highest BCUT2D eigenvalue weighted by molar-refractivity contribution is 7.86. The van der Waals surface area contributed by atoms with E-state index in [1.54, 1.807) is 30.3 Å². The second-order valence-corrected chi connectivity index (χ2v) is 9.03. The van der Waals surface area contributed by atoms with E-state index in [1.165, 1.54) is 12.1 Å². The lowest BCUT2D eigenvalue weighted by Gasteiger charge is -2.17. The molecule has 0 aliphatic carbocycles. The molecule has 0 fully saturated rings. The van der Waals surface area contributed by atoms with Crippen LogP contribution < -0.4 is 4.74 Å². The summed E-state index contributed by atoms with van der Waals surface area (Å²) in [6.45, 7) is 1.84. The van der Waals surface area contributed by atoms with Crippen molar-refractivity contribution in [2.75, 3.05) is 7.11 Å². The molecule has 0 bridgehead atoms. The van der Waals surface area contributed by atoms with Crippen molar-refractivity contribution in [1.29, 1.82) is 0 Å². The molecule has 1 atom stereocenters. The monoisotopic (exact) mass is 448 g/mol. The molecule has 162 valence electrons. The van der Waals surface area contributed by atoms with Crippen molar-refractivity contribution in [2.45, 2.75) is 30.5 Å². The average Bonchev–Trinajstić information content (AvgIpc) is 3.17. The van der Waals surface area contributed by atoms with Gasteiger partial charge in [0.05, 0.1) is 12.7 Å². The van der Waals surface area contributed by atoms with Gasteiger partial charge in [0.2, 0.25) is 0 Å². The summed E-state index contributed by atoms with van der Waals surface area (Å²) in [7, 11) is -2.87. The Balaban J connectivity index is 1.77. The fourth-order valence-corrected chi connectivity index (χ4v) is 4.66. The normalized spacial score (nSPS) is 16.1. The SMILES string of the molecule is COS(=O)(=O)c1ccc(C)cc1C1Cc2cccc(-c3cccc(C(F)(F)F)c3)c2O1. The summed E-state index contributed by atoms with van der Waals surface area (Å²) in [4.78, 5) is 0.0130. The lowest BCUT2D eigenvalue weighted by atomic mass is 9.97. The quantitative estimate of drug-likeness (QED) is 0.481. The summed E-state index contributed by atoms with van der Waals surface area (Å²) in [6.07, 6.45) is -4.68. The van der Waals surface area contributed by atoms with E-state index in [0.29, 0.717) is 28.9 Å². The van der Waals surface area contributed by atoms with E-state index in [9.17, 15) is 21.6 Å². The molecule has 0 aromatic heterocycles. The van der Waals surface area contributed by atoms with Crippen molar-refractivity contribution in [3.8, 4) is 16.9 Å². The van der Waals surface area contributed by atoms with Crippen molar-refractivity contribution in [3.05, 3.63) is 82.9 Å². The number of fused-ring (bicyclic) bond motifs is 1. The molecule has 3 aromatic carbocycles. The van der Waals surface area contributed by atoms with E-state index in [4.69, 9.17) is 4.74 Å². The molecular formula is C23H19F3O4S. The van der Waals surface area contributed by atoms with Crippen molar-refractivity contribution in [2.24, 2.45) is 0 Å². The third-order valence-corrected chi connectivity index (χ3v) is 6.61. The molecule has 0 saturated carbocycles. The summed E-state index contributed by atoms with van der Waals surface area (Å²) in [6, 6.07) is 15.2. The number of hydrogen-bond donors (Lipinski definition) is 0. The van der Waals surface area contributed by atoms with E-state index in [2.05, 4.69) is 4.18 Å². The van der Waals surface area contributed by atoms with Gasteiger partial charge in [-0.25, -0.2) is 0 Å². The Hall–Kier alpha value is -2.84. The van der Waals surface area contributed by atoms with Gasteiger partial charge >= 0.3 is 6.18 Å². The third-order valence-electron chi connectivity index (χ3n) is 5.26. The molecule has 0 amide bonds. The summed E-state index contributed by atoms with van der Waals surface area (Å²) >= 11 is 0. The van der Waals surface area contributed by atoms with Crippen LogP contribution in [0.15, 0.2) is 65.6 Å². The minimum Gasteiger partial charge on any atom is -0.484 e. The first-order valence-corrected chi connectivity index (χ1v) is 10.9. The fraction of sp³-hybridized carbons (Fsp3) is 0.217. The summed E-state index contributed by atoms with van der Waals surface area (Å²) in [5.41, 5.74) is 2.25. The van der Waals surface area contributed by atoms with Gasteiger partial charge in [-0.1, -0.05) is 48.0 Å². The summed E-state index contributed by atoms with van der Waals surface area (Å²) < 4.78 is 75.1. The van der Waals surface area contributed by atoms with E-state index >= 15 is 0 Å². The van der Waals surface area contributed by atoms with Crippen LogP contribution in [-0.2, 0) is 26.9 Å². The van der Waals surface area contributed by atoms with Gasteiger partial charge < -0.3 is 4.74 Å². The lowest BCUT2D eigenvalue weighted by Crippen LogP contribution is -2.12. The molecule has 0 spiro atoms. The average molecular weight is 448 g/mol. The molecular weight excluding hydrogens is 429 g/mol.